The number of halogens is 2. The molecular weight excluding hydrogens is 411 g/mol. The lowest BCUT2D eigenvalue weighted by atomic mass is 10.1. The third-order valence-electron chi connectivity index (χ3n) is 5.18. The van der Waals surface area contributed by atoms with Gasteiger partial charge >= 0.3 is 0 Å². The Bertz CT molecular complexity index is 761. The Hall–Kier alpha value is -1.67. The maximum absolute atomic E-state index is 12.4. The van der Waals surface area contributed by atoms with Crippen LogP contribution in [0.2, 0.25) is 0 Å². The van der Waals surface area contributed by atoms with Crippen molar-refractivity contribution >= 4 is 30.7 Å². The third kappa shape index (κ3) is 7.26. The SMILES string of the molecule is CC(C)N(C)Cc1cccc(CNC(=O)c2cn(C3CCNCC3)nn2)c1.Cl.Cl. The van der Waals surface area contributed by atoms with Crippen molar-refractivity contribution < 1.29 is 4.79 Å². The molecule has 0 atom stereocenters. The summed E-state index contributed by atoms with van der Waals surface area (Å²) in [5.41, 5.74) is 2.71. The smallest absolute Gasteiger partial charge is 0.273 e. The van der Waals surface area contributed by atoms with Crippen molar-refractivity contribution in [2.24, 2.45) is 0 Å². The van der Waals surface area contributed by atoms with Crippen LogP contribution in [0.1, 0.15) is 54.3 Å². The van der Waals surface area contributed by atoms with Gasteiger partial charge in [0.2, 0.25) is 0 Å². The molecule has 1 aliphatic heterocycles. The van der Waals surface area contributed by atoms with E-state index in [2.05, 4.69) is 58.9 Å². The summed E-state index contributed by atoms with van der Waals surface area (Å²) < 4.78 is 1.83. The first-order chi connectivity index (χ1) is 13.0. The molecule has 2 aromatic rings. The van der Waals surface area contributed by atoms with E-state index >= 15 is 0 Å². The summed E-state index contributed by atoms with van der Waals surface area (Å²) in [6.07, 6.45) is 3.80. The van der Waals surface area contributed by atoms with Crippen LogP contribution in [-0.4, -0.2) is 52.0 Å². The third-order valence-corrected chi connectivity index (χ3v) is 5.18. The fourth-order valence-electron chi connectivity index (χ4n) is 3.21. The molecule has 1 aromatic carbocycles. The second kappa shape index (κ2) is 12.1. The largest absolute Gasteiger partial charge is 0.347 e. The normalized spacial score (nSPS) is 14.4. The van der Waals surface area contributed by atoms with Gasteiger partial charge in [0, 0.05) is 19.1 Å². The number of rotatable bonds is 7. The lowest BCUT2D eigenvalue weighted by Gasteiger charge is -2.22. The highest BCUT2D eigenvalue weighted by Crippen LogP contribution is 2.17. The van der Waals surface area contributed by atoms with Crippen LogP contribution < -0.4 is 10.6 Å². The predicted octanol–water partition coefficient (Wildman–Crippen LogP) is 2.82. The Morgan fingerprint density at radius 1 is 1.28 bits per heavy atom. The molecule has 0 spiro atoms. The van der Waals surface area contributed by atoms with Gasteiger partial charge in [-0.3, -0.25) is 9.69 Å². The van der Waals surface area contributed by atoms with Crippen molar-refractivity contribution in [3.05, 3.63) is 47.3 Å². The minimum atomic E-state index is -0.181. The standard InChI is InChI=1S/C20H30N6O.2ClH/c1-15(2)25(3)13-17-6-4-5-16(11-17)12-22-20(27)19-14-26(24-23-19)18-7-9-21-10-8-18;;/h4-6,11,14-15,18,21H,7-10,12-13H2,1-3H3,(H,22,27);2*1H. The number of aromatic nitrogens is 3. The summed E-state index contributed by atoms with van der Waals surface area (Å²) in [6, 6.07) is 9.16. The summed E-state index contributed by atoms with van der Waals surface area (Å²) >= 11 is 0. The second-order valence-electron chi connectivity index (χ2n) is 7.58. The van der Waals surface area contributed by atoms with Crippen molar-refractivity contribution in [2.45, 2.75) is 51.9 Å². The molecular formula is C20H32Cl2N6O. The summed E-state index contributed by atoms with van der Waals surface area (Å²) in [4.78, 5) is 14.7. The number of nitrogens with zero attached hydrogens (tertiary/aromatic N) is 4. The molecule has 9 heteroatoms. The molecule has 0 aliphatic carbocycles. The van der Waals surface area contributed by atoms with E-state index in [1.54, 1.807) is 6.20 Å². The fourth-order valence-corrected chi connectivity index (χ4v) is 3.21. The molecule has 1 aliphatic rings. The van der Waals surface area contributed by atoms with Gasteiger partial charge in [-0.15, -0.1) is 29.9 Å². The van der Waals surface area contributed by atoms with E-state index in [0.717, 1.165) is 38.0 Å². The van der Waals surface area contributed by atoms with Crippen LogP contribution >= 0.6 is 24.8 Å². The lowest BCUT2D eigenvalue weighted by molar-refractivity contribution is 0.0945. The highest BCUT2D eigenvalue weighted by Gasteiger charge is 2.18. The molecule has 7 nitrogen and oxygen atoms in total. The van der Waals surface area contributed by atoms with E-state index in [0.29, 0.717) is 24.3 Å². The first kappa shape index (κ1) is 25.4. The zero-order chi connectivity index (χ0) is 19.2. The molecule has 3 rings (SSSR count). The number of carbonyl (C=O) groups is 1. The van der Waals surface area contributed by atoms with E-state index < -0.39 is 0 Å². The average molecular weight is 443 g/mol. The molecule has 0 saturated carbocycles. The van der Waals surface area contributed by atoms with Gasteiger partial charge in [-0.1, -0.05) is 29.5 Å². The summed E-state index contributed by atoms with van der Waals surface area (Å²) in [6.45, 7) is 7.70. The van der Waals surface area contributed by atoms with Crippen molar-refractivity contribution in [3.63, 3.8) is 0 Å². The van der Waals surface area contributed by atoms with E-state index in [-0.39, 0.29) is 30.7 Å². The number of carbonyl (C=O) groups excluding carboxylic acids is 1. The van der Waals surface area contributed by atoms with Crippen LogP contribution in [0, 0.1) is 0 Å². The first-order valence-corrected chi connectivity index (χ1v) is 9.71. The van der Waals surface area contributed by atoms with Crippen LogP contribution in [0.3, 0.4) is 0 Å². The maximum atomic E-state index is 12.4. The summed E-state index contributed by atoms with van der Waals surface area (Å²) in [5.74, 6) is -0.181. The Morgan fingerprint density at radius 3 is 2.66 bits per heavy atom. The number of nitrogens with one attached hydrogen (secondary N) is 2. The van der Waals surface area contributed by atoms with E-state index in [1.807, 2.05) is 16.8 Å². The minimum absolute atomic E-state index is 0. The van der Waals surface area contributed by atoms with Gasteiger partial charge in [0.25, 0.3) is 5.91 Å². The predicted molar refractivity (Wildman–Crippen MR) is 120 cm³/mol. The molecule has 29 heavy (non-hydrogen) atoms. The van der Waals surface area contributed by atoms with Crippen molar-refractivity contribution in [1.82, 2.24) is 30.5 Å². The van der Waals surface area contributed by atoms with Crippen molar-refractivity contribution in [3.8, 4) is 0 Å². The van der Waals surface area contributed by atoms with E-state index in [1.165, 1.54) is 5.56 Å². The Kier molecular flexibility index (Phi) is 10.6. The first-order valence-electron chi connectivity index (χ1n) is 9.71. The molecule has 2 N–H and O–H groups in total. The zero-order valence-corrected chi connectivity index (χ0v) is 18.9. The molecule has 162 valence electrons. The monoisotopic (exact) mass is 442 g/mol. The second-order valence-corrected chi connectivity index (χ2v) is 7.58. The molecule has 1 aromatic heterocycles. The van der Waals surface area contributed by atoms with E-state index in [4.69, 9.17) is 0 Å². The van der Waals surface area contributed by atoms with Crippen LogP contribution in [0.25, 0.3) is 0 Å². The van der Waals surface area contributed by atoms with Crippen LogP contribution in [0.15, 0.2) is 30.5 Å². The van der Waals surface area contributed by atoms with Gasteiger partial charge in [-0.05, 0) is 58.0 Å². The summed E-state index contributed by atoms with van der Waals surface area (Å²) in [5, 5.41) is 14.5. The molecule has 0 bridgehead atoms. The quantitative estimate of drug-likeness (QED) is 0.689. The van der Waals surface area contributed by atoms with Crippen LogP contribution in [-0.2, 0) is 13.1 Å². The van der Waals surface area contributed by atoms with Gasteiger partial charge in [-0.2, -0.15) is 0 Å². The topological polar surface area (TPSA) is 75.1 Å². The molecule has 0 unspecified atom stereocenters. The fraction of sp³-hybridized carbons (Fsp3) is 0.550. The van der Waals surface area contributed by atoms with Crippen molar-refractivity contribution in [2.75, 3.05) is 20.1 Å². The van der Waals surface area contributed by atoms with Crippen LogP contribution in [0.4, 0.5) is 0 Å². The molecule has 1 saturated heterocycles. The Labute approximate surface area is 185 Å². The molecule has 1 amide bonds. The summed E-state index contributed by atoms with van der Waals surface area (Å²) in [7, 11) is 2.12. The van der Waals surface area contributed by atoms with Gasteiger partial charge in [0.1, 0.15) is 0 Å². The highest BCUT2D eigenvalue weighted by molar-refractivity contribution is 5.91. The number of piperidine rings is 1. The highest BCUT2D eigenvalue weighted by atomic mass is 35.5. The molecule has 2 heterocycles. The number of benzene rings is 1. The van der Waals surface area contributed by atoms with Gasteiger partial charge in [-0.25, -0.2) is 4.68 Å². The minimum Gasteiger partial charge on any atom is -0.347 e. The Morgan fingerprint density at radius 2 is 1.97 bits per heavy atom. The zero-order valence-electron chi connectivity index (χ0n) is 17.3. The van der Waals surface area contributed by atoms with Crippen molar-refractivity contribution in [1.29, 1.82) is 0 Å². The number of hydrogen-bond donors (Lipinski definition) is 2. The average Bonchev–Trinajstić information content (AvgIpc) is 3.17. The molecule has 1 fully saturated rings. The maximum Gasteiger partial charge on any atom is 0.273 e. The van der Waals surface area contributed by atoms with Gasteiger partial charge in [0.05, 0.1) is 12.2 Å². The Balaban J connectivity index is 0.00000210. The number of amides is 1. The van der Waals surface area contributed by atoms with Crippen LogP contribution in [0.5, 0.6) is 0 Å². The number of hydrogen-bond acceptors (Lipinski definition) is 5. The molecule has 0 radical (unpaired) electrons. The van der Waals surface area contributed by atoms with E-state index in [9.17, 15) is 4.79 Å². The lowest BCUT2D eigenvalue weighted by Crippen LogP contribution is -2.29. The van der Waals surface area contributed by atoms with Gasteiger partial charge < -0.3 is 10.6 Å². The van der Waals surface area contributed by atoms with Gasteiger partial charge in [0.15, 0.2) is 5.69 Å².